The molecule has 96 valence electrons. The molecule has 2 aromatic heterocycles. The van der Waals surface area contributed by atoms with Crippen molar-refractivity contribution in [3.63, 3.8) is 0 Å². The van der Waals surface area contributed by atoms with Gasteiger partial charge in [0.1, 0.15) is 5.82 Å². The lowest BCUT2D eigenvalue weighted by Gasteiger charge is -2.04. The minimum Gasteiger partial charge on any atom is -0.365 e. The molecule has 2 heterocycles. The third-order valence-electron chi connectivity index (χ3n) is 3.18. The van der Waals surface area contributed by atoms with Crippen LogP contribution < -0.4 is 5.32 Å². The number of para-hydroxylation sites is 1. The molecule has 4 heteroatoms. The van der Waals surface area contributed by atoms with E-state index in [1.165, 1.54) is 0 Å². The van der Waals surface area contributed by atoms with Gasteiger partial charge in [0.15, 0.2) is 5.78 Å². The van der Waals surface area contributed by atoms with Gasteiger partial charge in [0, 0.05) is 22.8 Å². The van der Waals surface area contributed by atoms with Gasteiger partial charge in [0.2, 0.25) is 0 Å². The topological polar surface area (TPSA) is 60.7 Å². The van der Waals surface area contributed by atoms with Crippen molar-refractivity contribution in [1.82, 2.24) is 9.97 Å². The molecule has 0 saturated heterocycles. The molecule has 0 aliphatic carbocycles. The van der Waals surface area contributed by atoms with E-state index >= 15 is 0 Å². The van der Waals surface area contributed by atoms with Crippen LogP contribution in [0.2, 0.25) is 0 Å². The Balaban J connectivity index is 1.98. The number of carbonyl (C=O) groups is 1. The zero-order valence-electron chi connectivity index (χ0n) is 10.7. The Morgan fingerprint density at radius 1 is 1.21 bits per heavy atom. The molecule has 0 atom stereocenters. The fourth-order valence-corrected chi connectivity index (χ4v) is 2.30. The minimum absolute atomic E-state index is 0.0615. The molecule has 4 nitrogen and oxygen atoms in total. The number of Topliss-reactive ketones (excluding diaryl/α,β-unsaturated/α-hetero) is 1. The Bertz CT molecular complexity index is 710. The summed E-state index contributed by atoms with van der Waals surface area (Å²) in [4.78, 5) is 18.2. The van der Waals surface area contributed by atoms with Gasteiger partial charge in [0.25, 0.3) is 0 Å². The van der Waals surface area contributed by atoms with E-state index in [4.69, 9.17) is 0 Å². The summed E-state index contributed by atoms with van der Waals surface area (Å²) in [6.45, 7) is 2.25. The van der Waals surface area contributed by atoms with Crippen molar-refractivity contribution < 1.29 is 4.79 Å². The average molecular weight is 253 g/mol. The molecule has 0 aliphatic heterocycles. The van der Waals surface area contributed by atoms with E-state index in [1.54, 1.807) is 6.92 Å². The maximum Gasteiger partial charge on any atom is 0.164 e. The quantitative estimate of drug-likeness (QED) is 0.625. The van der Waals surface area contributed by atoms with Crippen molar-refractivity contribution in [2.75, 3.05) is 5.32 Å². The summed E-state index contributed by atoms with van der Waals surface area (Å²) in [5, 5.41) is 4.24. The first-order valence-corrected chi connectivity index (χ1v) is 6.23. The van der Waals surface area contributed by atoms with Crippen LogP contribution in [-0.4, -0.2) is 15.8 Å². The summed E-state index contributed by atoms with van der Waals surface area (Å²) in [7, 11) is 0. The van der Waals surface area contributed by atoms with Crippen molar-refractivity contribution in [3.05, 3.63) is 53.9 Å². The van der Waals surface area contributed by atoms with Crippen LogP contribution in [0.3, 0.4) is 0 Å². The summed E-state index contributed by atoms with van der Waals surface area (Å²) in [5.41, 5.74) is 2.78. The van der Waals surface area contributed by atoms with Gasteiger partial charge in [-0.15, -0.1) is 0 Å². The van der Waals surface area contributed by atoms with E-state index in [2.05, 4.69) is 15.3 Å². The minimum atomic E-state index is 0.0615. The Labute approximate surface area is 110 Å². The normalized spacial score (nSPS) is 10.8. The van der Waals surface area contributed by atoms with Crippen molar-refractivity contribution in [3.8, 4) is 0 Å². The van der Waals surface area contributed by atoms with E-state index in [0.29, 0.717) is 6.54 Å². The van der Waals surface area contributed by atoms with Crippen LogP contribution in [0.1, 0.15) is 23.0 Å². The largest absolute Gasteiger partial charge is 0.365 e. The lowest BCUT2D eigenvalue weighted by atomic mass is 10.1. The van der Waals surface area contributed by atoms with Crippen LogP contribution in [0.5, 0.6) is 0 Å². The molecule has 0 aliphatic rings. The SMILES string of the molecule is CC(=O)c1c(NCc2ccc[nH]2)[nH]c2ccccc12. The molecular formula is C15H15N3O. The van der Waals surface area contributed by atoms with Crippen LogP contribution >= 0.6 is 0 Å². The number of fused-ring (bicyclic) bond motifs is 1. The van der Waals surface area contributed by atoms with E-state index in [1.807, 2.05) is 42.6 Å². The molecule has 19 heavy (non-hydrogen) atoms. The van der Waals surface area contributed by atoms with Crippen LogP contribution in [0.4, 0.5) is 5.82 Å². The molecule has 1 aromatic carbocycles. The van der Waals surface area contributed by atoms with E-state index in [9.17, 15) is 4.79 Å². The maximum atomic E-state index is 11.8. The zero-order valence-corrected chi connectivity index (χ0v) is 10.7. The van der Waals surface area contributed by atoms with Gasteiger partial charge in [-0.2, -0.15) is 0 Å². The number of ketones is 1. The third kappa shape index (κ3) is 2.12. The number of H-pyrrole nitrogens is 2. The van der Waals surface area contributed by atoms with Gasteiger partial charge < -0.3 is 15.3 Å². The summed E-state index contributed by atoms with van der Waals surface area (Å²) in [6, 6.07) is 11.8. The average Bonchev–Trinajstić information content (AvgIpc) is 3.03. The molecule has 0 amide bonds. The fraction of sp³-hybridized carbons (Fsp3) is 0.133. The molecule has 0 fully saturated rings. The highest BCUT2D eigenvalue weighted by molar-refractivity contribution is 6.11. The molecule has 3 aromatic rings. The highest BCUT2D eigenvalue weighted by atomic mass is 16.1. The number of benzene rings is 1. The Morgan fingerprint density at radius 3 is 2.79 bits per heavy atom. The number of hydrogen-bond acceptors (Lipinski definition) is 2. The third-order valence-corrected chi connectivity index (χ3v) is 3.18. The zero-order chi connectivity index (χ0) is 13.2. The lowest BCUT2D eigenvalue weighted by molar-refractivity contribution is 0.102. The Kier molecular flexibility index (Phi) is 2.83. The molecule has 0 spiro atoms. The number of aromatic amines is 2. The molecular weight excluding hydrogens is 238 g/mol. The number of nitrogens with one attached hydrogen (secondary N) is 3. The van der Waals surface area contributed by atoms with Crippen molar-refractivity contribution in [2.45, 2.75) is 13.5 Å². The number of anilines is 1. The highest BCUT2D eigenvalue weighted by Gasteiger charge is 2.14. The van der Waals surface area contributed by atoms with Crippen molar-refractivity contribution in [1.29, 1.82) is 0 Å². The van der Waals surface area contributed by atoms with Gasteiger partial charge in [-0.1, -0.05) is 18.2 Å². The molecule has 3 N–H and O–H groups in total. The van der Waals surface area contributed by atoms with Crippen molar-refractivity contribution in [2.24, 2.45) is 0 Å². The van der Waals surface area contributed by atoms with E-state index in [0.717, 1.165) is 28.0 Å². The van der Waals surface area contributed by atoms with Crippen LogP contribution in [0, 0.1) is 0 Å². The predicted octanol–water partition coefficient (Wildman–Crippen LogP) is 3.31. The Hall–Kier alpha value is -2.49. The molecule has 0 bridgehead atoms. The standard InChI is InChI=1S/C15H15N3O/c1-10(19)14-12-6-2-3-7-13(12)18-15(14)17-9-11-5-4-8-16-11/h2-8,16-18H,9H2,1H3. The highest BCUT2D eigenvalue weighted by Crippen LogP contribution is 2.26. The van der Waals surface area contributed by atoms with Crippen LogP contribution in [-0.2, 0) is 6.54 Å². The molecule has 3 rings (SSSR count). The molecule has 0 radical (unpaired) electrons. The summed E-state index contributed by atoms with van der Waals surface area (Å²) >= 11 is 0. The van der Waals surface area contributed by atoms with Gasteiger partial charge in [0.05, 0.1) is 12.1 Å². The van der Waals surface area contributed by atoms with E-state index in [-0.39, 0.29) is 5.78 Å². The summed E-state index contributed by atoms with van der Waals surface area (Å²) in [6.07, 6.45) is 1.88. The number of carbonyl (C=O) groups excluding carboxylic acids is 1. The van der Waals surface area contributed by atoms with Gasteiger partial charge >= 0.3 is 0 Å². The number of rotatable bonds is 4. The van der Waals surface area contributed by atoms with Crippen LogP contribution in [0.15, 0.2) is 42.6 Å². The van der Waals surface area contributed by atoms with Gasteiger partial charge in [-0.05, 0) is 25.1 Å². The first-order chi connectivity index (χ1) is 9.25. The van der Waals surface area contributed by atoms with Crippen LogP contribution in [0.25, 0.3) is 10.9 Å². The second kappa shape index (κ2) is 4.65. The van der Waals surface area contributed by atoms with Crippen molar-refractivity contribution >= 4 is 22.5 Å². The van der Waals surface area contributed by atoms with Gasteiger partial charge in [-0.25, -0.2) is 0 Å². The first-order valence-electron chi connectivity index (χ1n) is 6.23. The Morgan fingerprint density at radius 2 is 2.05 bits per heavy atom. The maximum absolute atomic E-state index is 11.8. The number of aromatic nitrogens is 2. The molecule has 0 saturated carbocycles. The molecule has 0 unspecified atom stereocenters. The predicted molar refractivity (Wildman–Crippen MR) is 76.4 cm³/mol. The fourth-order valence-electron chi connectivity index (χ4n) is 2.30. The summed E-state index contributed by atoms with van der Waals surface area (Å²) in [5.74, 6) is 0.842. The van der Waals surface area contributed by atoms with Gasteiger partial charge in [-0.3, -0.25) is 4.79 Å². The lowest BCUT2D eigenvalue weighted by Crippen LogP contribution is -2.04. The first kappa shape index (κ1) is 11.6. The monoisotopic (exact) mass is 253 g/mol. The second-order valence-corrected chi connectivity index (χ2v) is 4.53. The van der Waals surface area contributed by atoms with E-state index < -0.39 is 0 Å². The smallest absolute Gasteiger partial charge is 0.164 e. The number of hydrogen-bond donors (Lipinski definition) is 3. The second-order valence-electron chi connectivity index (χ2n) is 4.53. The summed E-state index contributed by atoms with van der Waals surface area (Å²) < 4.78 is 0.